The Balaban J connectivity index is 1.86. The molecule has 21 heavy (non-hydrogen) atoms. The number of nitrogens with zero attached hydrogens (tertiary/aromatic N) is 1. The summed E-state index contributed by atoms with van der Waals surface area (Å²) in [5.74, 6) is 1.68. The first-order valence-corrected chi connectivity index (χ1v) is 7.41. The zero-order valence-corrected chi connectivity index (χ0v) is 12.6. The van der Waals surface area contributed by atoms with E-state index in [1.54, 1.807) is 17.0 Å². The molecule has 1 aliphatic heterocycles. The lowest BCUT2D eigenvalue weighted by molar-refractivity contribution is -0.135. The molecule has 0 radical (unpaired) electrons. The molecule has 1 aliphatic rings. The van der Waals surface area contributed by atoms with Crippen LogP contribution in [-0.2, 0) is 4.79 Å². The molecule has 1 amide bonds. The normalized spacial score (nSPS) is 21.4. The standard InChI is InChI=1S/C16H23NO4/c1-3-20-13-4-6-14(7-5-13)21-11-16(19)17-9-8-12(2)15(17)10-18/h4-7,12,15,18H,3,8-11H2,1-2H3. The van der Waals surface area contributed by atoms with Gasteiger partial charge < -0.3 is 19.5 Å². The Labute approximate surface area is 125 Å². The first kappa shape index (κ1) is 15.6. The van der Waals surface area contributed by atoms with Gasteiger partial charge >= 0.3 is 0 Å². The number of ether oxygens (including phenoxy) is 2. The molecule has 2 unspecified atom stereocenters. The maximum atomic E-state index is 12.2. The van der Waals surface area contributed by atoms with Crippen molar-refractivity contribution in [3.05, 3.63) is 24.3 Å². The van der Waals surface area contributed by atoms with Crippen LogP contribution in [0.3, 0.4) is 0 Å². The molecule has 1 aromatic rings. The number of hydrogen-bond donors (Lipinski definition) is 1. The Hall–Kier alpha value is -1.75. The molecule has 0 saturated carbocycles. The Morgan fingerprint density at radius 1 is 1.29 bits per heavy atom. The lowest BCUT2D eigenvalue weighted by Crippen LogP contribution is -2.42. The van der Waals surface area contributed by atoms with Crippen LogP contribution in [0.15, 0.2) is 24.3 Å². The lowest BCUT2D eigenvalue weighted by Gasteiger charge is -2.25. The van der Waals surface area contributed by atoms with Crippen molar-refractivity contribution in [3.63, 3.8) is 0 Å². The summed E-state index contributed by atoms with van der Waals surface area (Å²) < 4.78 is 10.9. The van der Waals surface area contributed by atoms with E-state index in [0.29, 0.717) is 24.8 Å². The van der Waals surface area contributed by atoms with Crippen molar-refractivity contribution in [1.82, 2.24) is 4.90 Å². The van der Waals surface area contributed by atoms with Gasteiger partial charge in [0.15, 0.2) is 6.61 Å². The van der Waals surface area contributed by atoms with Gasteiger partial charge in [0.25, 0.3) is 5.91 Å². The number of amides is 1. The fourth-order valence-corrected chi connectivity index (χ4v) is 2.62. The van der Waals surface area contributed by atoms with Gasteiger partial charge in [-0.3, -0.25) is 4.79 Å². The second-order valence-electron chi connectivity index (χ2n) is 5.30. The molecule has 1 saturated heterocycles. The van der Waals surface area contributed by atoms with E-state index in [1.807, 2.05) is 19.1 Å². The predicted octanol–water partition coefficient (Wildman–Crippen LogP) is 1.69. The molecular weight excluding hydrogens is 270 g/mol. The van der Waals surface area contributed by atoms with Crippen LogP contribution in [-0.4, -0.2) is 48.3 Å². The average Bonchev–Trinajstić information content (AvgIpc) is 2.87. The first-order valence-electron chi connectivity index (χ1n) is 7.41. The molecular formula is C16H23NO4. The highest BCUT2D eigenvalue weighted by atomic mass is 16.5. The van der Waals surface area contributed by atoms with Gasteiger partial charge in [0.05, 0.1) is 19.3 Å². The quantitative estimate of drug-likeness (QED) is 0.867. The summed E-state index contributed by atoms with van der Waals surface area (Å²) >= 11 is 0. The molecule has 1 heterocycles. The van der Waals surface area contributed by atoms with Crippen LogP contribution >= 0.6 is 0 Å². The third-order valence-electron chi connectivity index (χ3n) is 3.89. The van der Waals surface area contributed by atoms with Crippen LogP contribution in [0, 0.1) is 5.92 Å². The van der Waals surface area contributed by atoms with E-state index in [4.69, 9.17) is 9.47 Å². The highest BCUT2D eigenvalue weighted by molar-refractivity contribution is 5.78. The molecule has 5 heteroatoms. The molecule has 0 aliphatic carbocycles. The van der Waals surface area contributed by atoms with E-state index in [0.717, 1.165) is 12.2 Å². The third-order valence-corrected chi connectivity index (χ3v) is 3.89. The van der Waals surface area contributed by atoms with Gasteiger partial charge in [0, 0.05) is 6.54 Å². The van der Waals surface area contributed by atoms with Crippen molar-refractivity contribution in [2.45, 2.75) is 26.3 Å². The van der Waals surface area contributed by atoms with Crippen molar-refractivity contribution in [2.75, 3.05) is 26.4 Å². The minimum Gasteiger partial charge on any atom is -0.494 e. The van der Waals surface area contributed by atoms with Crippen LogP contribution < -0.4 is 9.47 Å². The van der Waals surface area contributed by atoms with E-state index in [2.05, 4.69) is 6.92 Å². The number of carbonyl (C=O) groups excluding carboxylic acids is 1. The SMILES string of the molecule is CCOc1ccc(OCC(=O)N2CCC(C)C2CO)cc1. The van der Waals surface area contributed by atoms with Crippen LogP contribution in [0.4, 0.5) is 0 Å². The van der Waals surface area contributed by atoms with Crippen LogP contribution in [0.2, 0.25) is 0 Å². The average molecular weight is 293 g/mol. The van der Waals surface area contributed by atoms with Gasteiger partial charge in [-0.25, -0.2) is 0 Å². The van der Waals surface area contributed by atoms with Crippen molar-refractivity contribution < 1.29 is 19.4 Å². The summed E-state index contributed by atoms with van der Waals surface area (Å²) in [7, 11) is 0. The molecule has 0 bridgehead atoms. The molecule has 2 rings (SSSR count). The number of rotatable bonds is 6. The molecule has 0 spiro atoms. The number of hydrogen-bond acceptors (Lipinski definition) is 4. The van der Waals surface area contributed by atoms with Gasteiger partial charge in [0.1, 0.15) is 11.5 Å². The monoisotopic (exact) mass is 293 g/mol. The Morgan fingerprint density at radius 3 is 2.48 bits per heavy atom. The zero-order chi connectivity index (χ0) is 15.2. The third kappa shape index (κ3) is 3.88. The zero-order valence-electron chi connectivity index (χ0n) is 12.6. The summed E-state index contributed by atoms with van der Waals surface area (Å²) in [6, 6.07) is 7.12. The van der Waals surface area contributed by atoms with E-state index < -0.39 is 0 Å². The van der Waals surface area contributed by atoms with Gasteiger partial charge in [-0.05, 0) is 43.5 Å². The van der Waals surface area contributed by atoms with Crippen molar-refractivity contribution in [3.8, 4) is 11.5 Å². The minimum atomic E-state index is -0.0820. The maximum absolute atomic E-state index is 12.2. The summed E-state index contributed by atoms with van der Waals surface area (Å²) in [4.78, 5) is 13.9. The number of aliphatic hydroxyl groups excluding tert-OH is 1. The summed E-state index contributed by atoms with van der Waals surface area (Å²) in [5, 5.41) is 9.37. The van der Waals surface area contributed by atoms with Crippen LogP contribution in [0.1, 0.15) is 20.3 Å². The highest BCUT2D eigenvalue weighted by Crippen LogP contribution is 2.24. The highest BCUT2D eigenvalue weighted by Gasteiger charge is 2.33. The predicted molar refractivity (Wildman–Crippen MR) is 79.5 cm³/mol. The number of likely N-dealkylation sites (tertiary alicyclic amines) is 1. The molecule has 0 aromatic heterocycles. The minimum absolute atomic E-state index is 0.00278. The van der Waals surface area contributed by atoms with E-state index >= 15 is 0 Å². The fourth-order valence-electron chi connectivity index (χ4n) is 2.62. The fraction of sp³-hybridized carbons (Fsp3) is 0.562. The number of benzene rings is 1. The largest absolute Gasteiger partial charge is 0.494 e. The van der Waals surface area contributed by atoms with Gasteiger partial charge in [0.2, 0.25) is 0 Å². The number of aliphatic hydroxyl groups is 1. The van der Waals surface area contributed by atoms with E-state index in [-0.39, 0.29) is 25.2 Å². The van der Waals surface area contributed by atoms with Gasteiger partial charge in [-0.15, -0.1) is 0 Å². The molecule has 1 fully saturated rings. The Kier molecular flexibility index (Phi) is 5.44. The van der Waals surface area contributed by atoms with E-state index in [1.165, 1.54) is 0 Å². The van der Waals surface area contributed by atoms with Crippen molar-refractivity contribution >= 4 is 5.91 Å². The van der Waals surface area contributed by atoms with Crippen molar-refractivity contribution in [2.24, 2.45) is 5.92 Å². The van der Waals surface area contributed by atoms with Gasteiger partial charge in [-0.2, -0.15) is 0 Å². The van der Waals surface area contributed by atoms with Crippen LogP contribution in [0.25, 0.3) is 0 Å². The smallest absolute Gasteiger partial charge is 0.260 e. The summed E-state index contributed by atoms with van der Waals surface area (Å²) in [5.41, 5.74) is 0. The summed E-state index contributed by atoms with van der Waals surface area (Å²) in [6.07, 6.45) is 0.931. The first-order chi connectivity index (χ1) is 10.2. The van der Waals surface area contributed by atoms with Crippen LogP contribution in [0.5, 0.6) is 11.5 Å². The van der Waals surface area contributed by atoms with E-state index in [9.17, 15) is 9.90 Å². The summed E-state index contributed by atoms with van der Waals surface area (Å²) in [6.45, 7) is 5.30. The molecule has 2 atom stereocenters. The maximum Gasteiger partial charge on any atom is 0.260 e. The Morgan fingerprint density at radius 2 is 1.90 bits per heavy atom. The second kappa shape index (κ2) is 7.31. The number of carbonyl (C=O) groups is 1. The second-order valence-corrected chi connectivity index (χ2v) is 5.30. The molecule has 1 N–H and O–H groups in total. The van der Waals surface area contributed by atoms with Gasteiger partial charge in [-0.1, -0.05) is 6.92 Å². The lowest BCUT2D eigenvalue weighted by atomic mass is 10.0. The topological polar surface area (TPSA) is 59.0 Å². The molecule has 116 valence electrons. The molecule has 5 nitrogen and oxygen atoms in total. The van der Waals surface area contributed by atoms with Crippen molar-refractivity contribution in [1.29, 1.82) is 0 Å². The molecule has 1 aromatic carbocycles. The Bertz CT molecular complexity index is 460.